The summed E-state index contributed by atoms with van der Waals surface area (Å²) < 4.78 is 5.94. The zero-order valence-corrected chi connectivity index (χ0v) is 16.8. The molecule has 1 aliphatic heterocycles. The van der Waals surface area contributed by atoms with Crippen molar-refractivity contribution in [2.75, 3.05) is 37.7 Å². The van der Waals surface area contributed by atoms with E-state index in [2.05, 4.69) is 34.2 Å². The van der Waals surface area contributed by atoms with Crippen molar-refractivity contribution >= 4 is 22.5 Å². The van der Waals surface area contributed by atoms with Crippen molar-refractivity contribution in [3.05, 3.63) is 66.4 Å². The molecule has 1 amide bonds. The zero-order chi connectivity index (χ0) is 20.8. The van der Waals surface area contributed by atoms with E-state index in [1.54, 1.807) is 18.3 Å². The number of ether oxygens (including phenoxy) is 1. The summed E-state index contributed by atoms with van der Waals surface area (Å²) in [6.07, 6.45) is 2.82. The molecule has 2 aromatic carbocycles. The Morgan fingerprint density at radius 3 is 2.70 bits per heavy atom. The maximum absolute atomic E-state index is 12.6. The number of fused-ring (bicyclic) bond motifs is 1. The van der Waals surface area contributed by atoms with E-state index in [4.69, 9.17) is 10.00 Å². The van der Waals surface area contributed by atoms with E-state index >= 15 is 0 Å². The number of hydrogen-bond donors (Lipinski definition) is 0. The highest BCUT2D eigenvalue weighted by atomic mass is 16.5. The Kier molecular flexibility index (Phi) is 6.09. The molecule has 30 heavy (non-hydrogen) atoms. The van der Waals surface area contributed by atoms with Crippen molar-refractivity contribution in [3.8, 4) is 11.8 Å². The predicted molar refractivity (Wildman–Crippen MR) is 116 cm³/mol. The maximum Gasteiger partial charge on any atom is 0.222 e. The Hall–Kier alpha value is -3.59. The first kappa shape index (κ1) is 19.7. The van der Waals surface area contributed by atoms with Gasteiger partial charge in [0.1, 0.15) is 11.6 Å². The van der Waals surface area contributed by atoms with E-state index in [0.29, 0.717) is 38.1 Å². The summed E-state index contributed by atoms with van der Waals surface area (Å²) in [6.45, 7) is 3.30. The summed E-state index contributed by atoms with van der Waals surface area (Å²) in [5, 5.41) is 11.3. The van der Waals surface area contributed by atoms with Gasteiger partial charge in [-0.25, -0.2) is 4.98 Å². The number of amides is 1. The molecule has 0 atom stereocenters. The number of anilines is 1. The van der Waals surface area contributed by atoms with Crippen LogP contribution in [0.5, 0.6) is 5.75 Å². The van der Waals surface area contributed by atoms with Gasteiger partial charge in [-0.3, -0.25) is 4.79 Å². The number of nitrogens with zero attached hydrogens (tertiary/aromatic N) is 4. The Morgan fingerprint density at radius 2 is 1.87 bits per heavy atom. The topological polar surface area (TPSA) is 69.5 Å². The third kappa shape index (κ3) is 4.52. The van der Waals surface area contributed by atoms with Crippen LogP contribution in [-0.4, -0.2) is 48.6 Å². The predicted octanol–water partition coefficient (Wildman–Crippen LogP) is 3.61. The molecule has 0 spiro atoms. The molecule has 2 heterocycles. The van der Waals surface area contributed by atoms with Crippen LogP contribution < -0.4 is 9.64 Å². The Labute approximate surface area is 176 Å². The van der Waals surface area contributed by atoms with Crippen LogP contribution in [0.15, 0.2) is 60.8 Å². The van der Waals surface area contributed by atoms with Crippen LogP contribution in [0, 0.1) is 11.3 Å². The molecule has 3 aromatic rings. The lowest BCUT2D eigenvalue weighted by molar-refractivity contribution is -0.131. The van der Waals surface area contributed by atoms with Crippen molar-refractivity contribution < 1.29 is 9.53 Å². The minimum absolute atomic E-state index is 0.162. The number of benzene rings is 2. The summed E-state index contributed by atoms with van der Waals surface area (Å²) in [7, 11) is 0. The highest BCUT2D eigenvalue weighted by Gasteiger charge is 2.21. The fourth-order valence-corrected chi connectivity index (χ4v) is 3.73. The van der Waals surface area contributed by atoms with Gasteiger partial charge in [-0.05, 0) is 30.0 Å². The molecule has 1 aromatic heterocycles. The fourth-order valence-electron chi connectivity index (χ4n) is 3.73. The molecular weight excluding hydrogens is 376 g/mol. The Balaban J connectivity index is 1.23. The van der Waals surface area contributed by atoms with Crippen molar-refractivity contribution in [3.63, 3.8) is 0 Å². The Morgan fingerprint density at radius 1 is 1.07 bits per heavy atom. The molecule has 1 saturated heterocycles. The van der Waals surface area contributed by atoms with Crippen molar-refractivity contribution in [2.24, 2.45) is 0 Å². The lowest BCUT2D eigenvalue weighted by Gasteiger charge is -2.35. The molecule has 0 N–H and O–H groups in total. The molecule has 6 nitrogen and oxygen atoms in total. The molecule has 0 unspecified atom stereocenters. The molecule has 0 saturated carbocycles. The summed E-state index contributed by atoms with van der Waals surface area (Å²) in [5.41, 5.74) is 0.602. The first-order valence-electron chi connectivity index (χ1n) is 10.2. The van der Waals surface area contributed by atoms with Crippen LogP contribution in [-0.2, 0) is 4.79 Å². The van der Waals surface area contributed by atoms with Gasteiger partial charge < -0.3 is 14.5 Å². The van der Waals surface area contributed by atoms with Crippen LogP contribution in [0.3, 0.4) is 0 Å². The quantitative estimate of drug-likeness (QED) is 0.591. The van der Waals surface area contributed by atoms with Gasteiger partial charge in [0.05, 0.1) is 18.2 Å². The largest absolute Gasteiger partial charge is 0.493 e. The second kappa shape index (κ2) is 9.27. The van der Waals surface area contributed by atoms with E-state index < -0.39 is 0 Å². The fraction of sp³-hybridized carbons (Fsp3) is 0.292. The molecule has 0 radical (unpaired) electrons. The minimum atomic E-state index is 0.162. The summed E-state index contributed by atoms with van der Waals surface area (Å²) in [5.74, 6) is 1.82. The van der Waals surface area contributed by atoms with E-state index in [9.17, 15) is 4.79 Å². The maximum atomic E-state index is 12.6. The third-order valence-corrected chi connectivity index (χ3v) is 5.37. The number of piperazine rings is 1. The third-order valence-electron chi connectivity index (χ3n) is 5.37. The number of aromatic nitrogens is 1. The number of rotatable bonds is 6. The normalized spacial score (nSPS) is 13.8. The van der Waals surface area contributed by atoms with Gasteiger partial charge in [-0.15, -0.1) is 0 Å². The van der Waals surface area contributed by atoms with Crippen LogP contribution in [0.2, 0.25) is 0 Å². The van der Waals surface area contributed by atoms with Gasteiger partial charge in [0.25, 0.3) is 0 Å². The monoisotopic (exact) mass is 400 g/mol. The lowest BCUT2D eigenvalue weighted by atomic mass is 10.1. The van der Waals surface area contributed by atoms with Gasteiger partial charge in [0.15, 0.2) is 0 Å². The van der Waals surface area contributed by atoms with Gasteiger partial charge in [0, 0.05) is 44.2 Å². The molecule has 1 fully saturated rings. The number of nitriles is 1. The van der Waals surface area contributed by atoms with E-state index in [1.807, 2.05) is 29.2 Å². The summed E-state index contributed by atoms with van der Waals surface area (Å²) in [6, 6.07) is 19.8. The van der Waals surface area contributed by atoms with Crippen LogP contribution in [0.1, 0.15) is 18.4 Å². The highest BCUT2D eigenvalue weighted by molar-refractivity contribution is 5.88. The minimum Gasteiger partial charge on any atom is -0.493 e. The highest BCUT2D eigenvalue weighted by Crippen LogP contribution is 2.25. The van der Waals surface area contributed by atoms with Crippen molar-refractivity contribution in [1.82, 2.24) is 9.88 Å². The van der Waals surface area contributed by atoms with Gasteiger partial charge in [-0.1, -0.05) is 36.4 Å². The number of hydrogen-bond acceptors (Lipinski definition) is 5. The first-order chi connectivity index (χ1) is 14.7. The van der Waals surface area contributed by atoms with E-state index in [-0.39, 0.29) is 5.91 Å². The first-order valence-corrected chi connectivity index (χ1v) is 10.2. The SMILES string of the molecule is N#Cc1ccnc(N2CCN(C(=O)CCCOc3cccc4ccccc34)CC2)c1. The second-order valence-corrected chi connectivity index (χ2v) is 7.31. The lowest BCUT2D eigenvalue weighted by Crippen LogP contribution is -2.49. The van der Waals surface area contributed by atoms with Gasteiger partial charge in [-0.2, -0.15) is 5.26 Å². The van der Waals surface area contributed by atoms with Crippen molar-refractivity contribution in [1.29, 1.82) is 5.26 Å². The number of carbonyl (C=O) groups excluding carboxylic acids is 1. The second-order valence-electron chi connectivity index (χ2n) is 7.31. The molecule has 4 rings (SSSR count). The van der Waals surface area contributed by atoms with Gasteiger partial charge in [0.2, 0.25) is 5.91 Å². The number of carbonyl (C=O) groups is 1. The molecular formula is C24H24N4O2. The summed E-state index contributed by atoms with van der Waals surface area (Å²) in [4.78, 5) is 20.9. The van der Waals surface area contributed by atoms with Crippen LogP contribution >= 0.6 is 0 Å². The average Bonchev–Trinajstić information content (AvgIpc) is 2.82. The Bertz CT molecular complexity index is 1060. The van der Waals surface area contributed by atoms with E-state index in [1.165, 1.54) is 0 Å². The van der Waals surface area contributed by atoms with Crippen molar-refractivity contribution in [2.45, 2.75) is 12.8 Å². The molecule has 6 heteroatoms. The summed E-state index contributed by atoms with van der Waals surface area (Å²) >= 11 is 0. The van der Waals surface area contributed by atoms with E-state index in [0.717, 1.165) is 35.4 Å². The average molecular weight is 400 g/mol. The molecule has 0 aliphatic carbocycles. The molecule has 0 bridgehead atoms. The number of pyridine rings is 1. The standard InChI is InChI=1S/C24H24N4O2/c25-18-19-10-11-26-23(17-19)27-12-14-28(15-13-27)24(29)9-4-16-30-22-8-3-6-20-5-1-2-7-21(20)22/h1-3,5-8,10-11,17H,4,9,12-16H2. The molecule has 1 aliphatic rings. The van der Waals surface area contributed by atoms with Crippen LogP contribution in [0.25, 0.3) is 10.8 Å². The smallest absolute Gasteiger partial charge is 0.222 e. The van der Waals surface area contributed by atoms with Gasteiger partial charge >= 0.3 is 0 Å². The van der Waals surface area contributed by atoms with Crippen LogP contribution in [0.4, 0.5) is 5.82 Å². The molecule has 152 valence electrons. The zero-order valence-electron chi connectivity index (χ0n) is 16.8.